The predicted molar refractivity (Wildman–Crippen MR) is 78.8 cm³/mol. The van der Waals surface area contributed by atoms with E-state index in [2.05, 4.69) is 46.1 Å². The van der Waals surface area contributed by atoms with E-state index in [1.54, 1.807) is 0 Å². The fourth-order valence-corrected chi connectivity index (χ4v) is 3.44. The molecule has 1 aliphatic heterocycles. The number of hydrogen-bond acceptors (Lipinski definition) is 2. The smallest absolute Gasteiger partial charge is 0.0688 e. The van der Waals surface area contributed by atoms with Crippen LogP contribution in [0.3, 0.4) is 0 Å². The summed E-state index contributed by atoms with van der Waals surface area (Å²) >= 11 is 3.54. The normalized spacial score (nSPS) is 20.9. The van der Waals surface area contributed by atoms with E-state index in [4.69, 9.17) is 0 Å². The first-order valence-corrected chi connectivity index (χ1v) is 7.31. The summed E-state index contributed by atoms with van der Waals surface area (Å²) in [6.45, 7) is 5.96. The van der Waals surface area contributed by atoms with Crippen LogP contribution < -0.4 is 0 Å². The van der Waals surface area contributed by atoms with Crippen molar-refractivity contribution in [2.45, 2.75) is 37.7 Å². The molecule has 0 unspecified atom stereocenters. The van der Waals surface area contributed by atoms with Gasteiger partial charge >= 0.3 is 0 Å². The van der Waals surface area contributed by atoms with E-state index in [9.17, 15) is 5.11 Å². The lowest BCUT2D eigenvalue weighted by Crippen LogP contribution is -2.53. The van der Waals surface area contributed by atoms with Crippen LogP contribution >= 0.6 is 15.9 Å². The molecule has 100 valence electrons. The second-order valence-corrected chi connectivity index (χ2v) is 6.87. The second kappa shape index (κ2) is 4.95. The van der Waals surface area contributed by atoms with Crippen molar-refractivity contribution in [2.24, 2.45) is 0 Å². The third-order valence-electron chi connectivity index (χ3n) is 4.39. The first kappa shape index (κ1) is 14.0. The Kier molecular flexibility index (Phi) is 3.86. The molecule has 1 N–H and O–H groups in total. The van der Waals surface area contributed by atoms with Gasteiger partial charge in [-0.2, -0.15) is 0 Å². The van der Waals surface area contributed by atoms with Crippen LogP contribution in [-0.2, 0) is 5.41 Å². The van der Waals surface area contributed by atoms with Gasteiger partial charge in [-0.15, -0.1) is 0 Å². The van der Waals surface area contributed by atoms with Gasteiger partial charge in [-0.1, -0.05) is 28.1 Å². The van der Waals surface area contributed by atoms with Gasteiger partial charge in [0.2, 0.25) is 0 Å². The Morgan fingerprint density at radius 3 is 2.39 bits per heavy atom. The number of likely N-dealkylation sites (tertiary alicyclic amines) is 1. The van der Waals surface area contributed by atoms with Gasteiger partial charge in [0.15, 0.2) is 0 Å². The van der Waals surface area contributed by atoms with Crippen molar-refractivity contribution in [2.75, 3.05) is 20.1 Å². The lowest BCUT2D eigenvalue weighted by Gasteiger charge is -2.48. The number of rotatable bonds is 2. The lowest BCUT2D eigenvalue weighted by molar-refractivity contribution is -0.0362. The van der Waals surface area contributed by atoms with E-state index in [1.165, 1.54) is 5.56 Å². The molecule has 0 atom stereocenters. The SMILES string of the molecule is CN1CCC(c2cccc(Br)c2)(C(C)(C)O)CC1. The Bertz CT molecular complexity index is 417. The average molecular weight is 312 g/mol. The lowest BCUT2D eigenvalue weighted by atomic mass is 9.63. The minimum Gasteiger partial charge on any atom is -0.390 e. The Morgan fingerprint density at radius 2 is 1.89 bits per heavy atom. The number of piperidine rings is 1. The standard InChI is InChI=1S/C15H22BrNO/c1-14(2,18)15(7-9-17(3)10-8-15)12-5-4-6-13(16)11-12/h4-6,11,18H,7-10H2,1-3H3. The molecule has 0 amide bonds. The summed E-state index contributed by atoms with van der Waals surface area (Å²) in [6.07, 6.45) is 2.01. The van der Waals surface area contributed by atoms with Gasteiger partial charge in [0.1, 0.15) is 0 Å². The minimum atomic E-state index is -0.699. The molecule has 0 bridgehead atoms. The molecule has 1 saturated heterocycles. The molecule has 1 aliphatic rings. The fourth-order valence-electron chi connectivity index (χ4n) is 3.04. The van der Waals surface area contributed by atoms with Gasteiger partial charge in [0.05, 0.1) is 5.60 Å². The summed E-state index contributed by atoms with van der Waals surface area (Å²) in [5.74, 6) is 0. The van der Waals surface area contributed by atoms with Crippen LogP contribution in [0.5, 0.6) is 0 Å². The van der Waals surface area contributed by atoms with Gasteiger partial charge in [0.25, 0.3) is 0 Å². The topological polar surface area (TPSA) is 23.5 Å². The molecule has 2 rings (SSSR count). The average Bonchev–Trinajstić information content (AvgIpc) is 2.28. The Balaban J connectivity index is 2.43. The maximum atomic E-state index is 10.7. The maximum absolute atomic E-state index is 10.7. The molecule has 0 spiro atoms. The molecule has 2 nitrogen and oxygen atoms in total. The van der Waals surface area contributed by atoms with Crippen LogP contribution in [-0.4, -0.2) is 35.7 Å². The summed E-state index contributed by atoms with van der Waals surface area (Å²) in [7, 11) is 2.15. The Morgan fingerprint density at radius 1 is 1.28 bits per heavy atom. The zero-order chi connectivity index (χ0) is 13.4. The molecule has 18 heavy (non-hydrogen) atoms. The number of hydrogen-bond donors (Lipinski definition) is 1. The van der Waals surface area contributed by atoms with Gasteiger partial charge in [-0.05, 0) is 64.5 Å². The first-order chi connectivity index (χ1) is 8.35. The summed E-state index contributed by atoms with van der Waals surface area (Å²) < 4.78 is 1.09. The molecule has 3 heteroatoms. The largest absolute Gasteiger partial charge is 0.390 e. The van der Waals surface area contributed by atoms with Gasteiger partial charge in [-0.25, -0.2) is 0 Å². The number of nitrogens with zero attached hydrogens (tertiary/aromatic N) is 1. The summed E-state index contributed by atoms with van der Waals surface area (Å²) in [5.41, 5.74) is 0.413. The minimum absolute atomic E-state index is 0.136. The molecule has 0 saturated carbocycles. The highest BCUT2D eigenvalue weighted by Gasteiger charge is 2.46. The molecule has 0 radical (unpaired) electrons. The van der Waals surface area contributed by atoms with Gasteiger partial charge in [0, 0.05) is 9.89 Å². The molecule has 1 aromatic carbocycles. The van der Waals surface area contributed by atoms with Gasteiger partial charge < -0.3 is 10.0 Å². The Labute approximate surface area is 118 Å². The van der Waals surface area contributed by atoms with Crippen molar-refractivity contribution < 1.29 is 5.11 Å². The van der Waals surface area contributed by atoms with Crippen LogP contribution in [0.15, 0.2) is 28.7 Å². The highest BCUT2D eigenvalue weighted by molar-refractivity contribution is 9.10. The molecule has 0 aromatic heterocycles. The zero-order valence-corrected chi connectivity index (χ0v) is 13.0. The number of halogens is 1. The molecular weight excluding hydrogens is 290 g/mol. The molecule has 1 fully saturated rings. The van der Waals surface area contributed by atoms with E-state index < -0.39 is 5.60 Å². The predicted octanol–water partition coefficient (Wildman–Crippen LogP) is 3.18. The van der Waals surface area contributed by atoms with Crippen molar-refractivity contribution in [1.82, 2.24) is 4.90 Å². The highest BCUT2D eigenvalue weighted by atomic mass is 79.9. The monoisotopic (exact) mass is 311 g/mol. The van der Waals surface area contributed by atoms with E-state index >= 15 is 0 Å². The van der Waals surface area contributed by atoms with E-state index in [-0.39, 0.29) is 5.41 Å². The summed E-state index contributed by atoms with van der Waals surface area (Å²) in [6, 6.07) is 8.40. The zero-order valence-electron chi connectivity index (χ0n) is 11.4. The van der Waals surface area contributed by atoms with Crippen molar-refractivity contribution >= 4 is 15.9 Å². The van der Waals surface area contributed by atoms with Crippen molar-refractivity contribution in [3.05, 3.63) is 34.3 Å². The van der Waals surface area contributed by atoms with E-state index in [1.807, 2.05) is 19.9 Å². The summed E-state index contributed by atoms with van der Waals surface area (Å²) in [5, 5.41) is 10.7. The van der Waals surface area contributed by atoms with E-state index in [0.29, 0.717) is 0 Å². The fraction of sp³-hybridized carbons (Fsp3) is 0.600. The van der Waals surface area contributed by atoms with Gasteiger partial charge in [-0.3, -0.25) is 0 Å². The quantitative estimate of drug-likeness (QED) is 0.906. The first-order valence-electron chi connectivity index (χ1n) is 6.52. The van der Waals surface area contributed by atoms with Crippen molar-refractivity contribution in [3.8, 4) is 0 Å². The Hall–Kier alpha value is -0.380. The number of aliphatic hydroxyl groups is 1. The molecule has 0 aliphatic carbocycles. The van der Waals surface area contributed by atoms with Crippen molar-refractivity contribution in [3.63, 3.8) is 0 Å². The molecular formula is C15H22BrNO. The van der Waals surface area contributed by atoms with Crippen LogP contribution in [0, 0.1) is 0 Å². The van der Waals surface area contributed by atoms with E-state index in [0.717, 1.165) is 30.4 Å². The van der Waals surface area contributed by atoms with Crippen LogP contribution in [0.25, 0.3) is 0 Å². The second-order valence-electron chi connectivity index (χ2n) is 5.95. The number of benzene rings is 1. The van der Waals surface area contributed by atoms with Crippen LogP contribution in [0.4, 0.5) is 0 Å². The maximum Gasteiger partial charge on any atom is 0.0688 e. The summed E-state index contributed by atoms with van der Waals surface area (Å²) in [4.78, 5) is 2.34. The van der Waals surface area contributed by atoms with Crippen molar-refractivity contribution in [1.29, 1.82) is 0 Å². The third-order valence-corrected chi connectivity index (χ3v) is 4.88. The molecule has 1 aromatic rings. The van der Waals surface area contributed by atoms with Crippen LogP contribution in [0.2, 0.25) is 0 Å². The third kappa shape index (κ3) is 2.49. The highest BCUT2D eigenvalue weighted by Crippen LogP contribution is 2.44. The molecule has 1 heterocycles. The van der Waals surface area contributed by atoms with Crippen LogP contribution in [0.1, 0.15) is 32.3 Å².